The van der Waals surface area contributed by atoms with Crippen molar-refractivity contribution in [1.82, 2.24) is 10.7 Å². The summed E-state index contributed by atoms with van der Waals surface area (Å²) in [6, 6.07) is 11.9. The highest BCUT2D eigenvalue weighted by Crippen LogP contribution is 2.33. The van der Waals surface area contributed by atoms with E-state index in [0.29, 0.717) is 37.1 Å². The summed E-state index contributed by atoms with van der Waals surface area (Å²) < 4.78 is 16.8. The second kappa shape index (κ2) is 12.9. The average molecular weight is 625 g/mol. The lowest BCUT2D eigenvalue weighted by molar-refractivity contribution is -0.139. The van der Waals surface area contributed by atoms with Gasteiger partial charge in [-0.15, -0.1) is 0 Å². The van der Waals surface area contributed by atoms with E-state index in [1.54, 1.807) is 42.5 Å². The highest BCUT2D eigenvalue weighted by atomic mass is 127. The number of nitrogens with one attached hydrogen (secondary N) is 3. The van der Waals surface area contributed by atoms with Crippen LogP contribution in [0.2, 0.25) is 5.02 Å². The summed E-state index contributed by atoms with van der Waals surface area (Å²) in [4.78, 5) is 36.0. The monoisotopic (exact) mass is 624 g/mol. The van der Waals surface area contributed by atoms with Crippen LogP contribution < -0.4 is 25.5 Å². The number of nitrogens with zero attached hydrogens (tertiary/aromatic N) is 1. The number of ether oxygens (including phenoxy) is 2. The van der Waals surface area contributed by atoms with Gasteiger partial charge >= 0.3 is 11.8 Å². The number of carbonyl (C=O) groups excluding carboxylic acids is 3. The molecule has 36 heavy (non-hydrogen) atoms. The molecule has 0 atom stereocenters. The predicted molar refractivity (Wildman–Crippen MR) is 142 cm³/mol. The maximum Gasteiger partial charge on any atom is 0.329 e. The molecule has 0 radical (unpaired) electrons. The van der Waals surface area contributed by atoms with Crippen LogP contribution in [0.15, 0.2) is 58.2 Å². The summed E-state index contributed by atoms with van der Waals surface area (Å²) >= 11 is 8.12. The van der Waals surface area contributed by atoms with Gasteiger partial charge in [-0.2, -0.15) is 5.10 Å². The Kier molecular flexibility index (Phi) is 9.70. The largest absolute Gasteiger partial charge is 0.493 e. The normalized spacial score (nSPS) is 10.7. The molecule has 3 aromatic rings. The molecular formula is C24H22ClIN4O6. The Bertz CT molecular complexity index is 1280. The lowest BCUT2D eigenvalue weighted by atomic mass is 10.2. The Morgan fingerprint density at radius 3 is 2.67 bits per heavy atom. The zero-order valence-electron chi connectivity index (χ0n) is 19.3. The van der Waals surface area contributed by atoms with E-state index in [9.17, 15) is 14.4 Å². The van der Waals surface area contributed by atoms with E-state index in [1.807, 2.05) is 29.5 Å². The Labute approximate surface area is 225 Å². The molecule has 0 bridgehead atoms. The molecule has 0 unspecified atom stereocenters. The minimum Gasteiger partial charge on any atom is -0.493 e. The molecule has 1 heterocycles. The highest BCUT2D eigenvalue weighted by molar-refractivity contribution is 14.1. The molecule has 0 saturated heterocycles. The standard InChI is InChI=1S/C24H22ClIN4O6/c1-14-5-6-16(10-18(14)25)29-21(31)13-36-22-19(26)8-15(9-20(22)34-2)11-28-30-24(33)23(32)27-12-17-4-3-7-35-17/h3-11H,12-13H2,1-2H3,(H,27,32)(H,29,31)(H,30,33)/b28-11-. The van der Waals surface area contributed by atoms with Gasteiger partial charge in [-0.25, -0.2) is 5.43 Å². The molecule has 0 aliphatic heterocycles. The number of methoxy groups -OCH3 is 1. The van der Waals surface area contributed by atoms with E-state index < -0.39 is 11.8 Å². The van der Waals surface area contributed by atoms with Gasteiger partial charge in [0, 0.05) is 10.7 Å². The molecular weight excluding hydrogens is 603 g/mol. The Morgan fingerprint density at radius 2 is 1.97 bits per heavy atom. The molecule has 3 N–H and O–H groups in total. The lowest BCUT2D eigenvalue weighted by Crippen LogP contribution is -2.37. The lowest BCUT2D eigenvalue weighted by Gasteiger charge is -2.13. The van der Waals surface area contributed by atoms with Crippen molar-refractivity contribution in [3.63, 3.8) is 0 Å². The summed E-state index contributed by atoms with van der Waals surface area (Å²) in [5, 5.41) is 9.49. The molecule has 2 aromatic carbocycles. The average Bonchev–Trinajstić information content (AvgIpc) is 3.37. The van der Waals surface area contributed by atoms with Gasteiger partial charge in [0.25, 0.3) is 5.91 Å². The summed E-state index contributed by atoms with van der Waals surface area (Å²) in [6.45, 7) is 1.69. The molecule has 0 fully saturated rings. The number of hydrogen-bond donors (Lipinski definition) is 3. The molecule has 0 spiro atoms. The first-order valence-corrected chi connectivity index (χ1v) is 11.9. The number of amides is 3. The van der Waals surface area contributed by atoms with Crippen molar-refractivity contribution in [2.45, 2.75) is 13.5 Å². The quantitative estimate of drug-likeness (QED) is 0.144. The van der Waals surface area contributed by atoms with Crippen molar-refractivity contribution in [2.75, 3.05) is 19.0 Å². The van der Waals surface area contributed by atoms with Gasteiger partial charge in [0.1, 0.15) is 5.76 Å². The zero-order chi connectivity index (χ0) is 26.1. The first-order valence-electron chi connectivity index (χ1n) is 10.5. The fourth-order valence-corrected chi connectivity index (χ4v) is 3.80. The second-order valence-corrected chi connectivity index (χ2v) is 8.87. The number of anilines is 1. The summed E-state index contributed by atoms with van der Waals surface area (Å²) in [6.07, 6.45) is 2.81. The van der Waals surface area contributed by atoms with Crippen LogP contribution in [-0.2, 0) is 20.9 Å². The van der Waals surface area contributed by atoms with Crippen LogP contribution in [0.1, 0.15) is 16.9 Å². The summed E-state index contributed by atoms with van der Waals surface area (Å²) in [7, 11) is 1.46. The Morgan fingerprint density at radius 1 is 1.17 bits per heavy atom. The Hall–Kier alpha value is -3.58. The number of aryl methyl sites for hydroxylation is 1. The first kappa shape index (κ1) is 27.0. The van der Waals surface area contributed by atoms with Gasteiger partial charge < -0.3 is 24.5 Å². The minimum atomic E-state index is -0.930. The minimum absolute atomic E-state index is 0.0800. The van der Waals surface area contributed by atoms with Crippen molar-refractivity contribution in [3.05, 3.63) is 74.2 Å². The number of furan rings is 1. The third-order valence-corrected chi connectivity index (χ3v) is 5.85. The van der Waals surface area contributed by atoms with E-state index in [-0.39, 0.29) is 19.1 Å². The Balaban J connectivity index is 1.55. The number of hydrogen-bond acceptors (Lipinski definition) is 7. The van der Waals surface area contributed by atoms with Gasteiger partial charge in [0.2, 0.25) is 0 Å². The molecule has 10 nitrogen and oxygen atoms in total. The molecule has 3 rings (SSSR count). The third kappa shape index (κ3) is 7.71. The van der Waals surface area contributed by atoms with Gasteiger partial charge in [-0.1, -0.05) is 17.7 Å². The van der Waals surface area contributed by atoms with Crippen LogP contribution in [0.3, 0.4) is 0 Å². The second-order valence-electron chi connectivity index (χ2n) is 7.30. The predicted octanol–water partition coefficient (Wildman–Crippen LogP) is 3.64. The molecule has 188 valence electrons. The van der Waals surface area contributed by atoms with Crippen molar-refractivity contribution >= 4 is 63.8 Å². The van der Waals surface area contributed by atoms with Crippen LogP contribution in [0.4, 0.5) is 5.69 Å². The van der Waals surface area contributed by atoms with Crippen molar-refractivity contribution < 1.29 is 28.3 Å². The van der Waals surface area contributed by atoms with E-state index in [4.69, 9.17) is 25.5 Å². The zero-order valence-corrected chi connectivity index (χ0v) is 22.2. The topological polar surface area (TPSA) is 131 Å². The van der Waals surface area contributed by atoms with Gasteiger partial charge in [-0.3, -0.25) is 14.4 Å². The highest BCUT2D eigenvalue weighted by Gasteiger charge is 2.15. The van der Waals surface area contributed by atoms with Crippen molar-refractivity contribution in [1.29, 1.82) is 0 Å². The SMILES string of the molecule is COc1cc(/C=N\NC(=O)C(=O)NCc2ccco2)cc(I)c1OCC(=O)Nc1ccc(C)c(Cl)c1. The van der Waals surface area contributed by atoms with Crippen molar-refractivity contribution in [3.8, 4) is 11.5 Å². The third-order valence-electron chi connectivity index (χ3n) is 4.64. The summed E-state index contributed by atoms with van der Waals surface area (Å²) in [5.74, 6) is -0.913. The van der Waals surface area contributed by atoms with Gasteiger partial charge in [-0.05, 0) is 77.0 Å². The fraction of sp³-hybridized carbons (Fsp3) is 0.167. The number of benzene rings is 2. The van der Waals surface area contributed by atoms with Crippen molar-refractivity contribution in [2.24, 2.45) is 5.10 Å². The summed E-state index contributed by atoms with van der Waals surface area (Å²) in [5.41, 5.74) is 4.19. The maximum absolute atomic E-state index is 12.3. The molecule has 0 aliphatic carbocycles. The van der Waals surface area contributed by atoms with Crippen LogP contribution >= 0.6 is 34.2 Å². The smallest absolute Gasteiger partial charge is 0.329 e. The maximum atomic E-state index is 12.3. The molecule has 0 aliphatic rings. The first-order chi connectivity index (χ1) is 17.3. The number of halogens is 2. The van der Waals surface area contributed by atoms with E-state index in [0.717, 1.165) is 5.56 Å². The fourth-order valence-electron chi connectivity index (χ4n) is 2.84. The number of carbonyl (C=O) groups is 3. The van der Waals surface area contributed by atoms with Crippen LogP contribution in [0, 0.1) is 10.5 Å². The molecule has 0 saturated carbocycles. The van der Waals surface area contributed by atoms with Crippen LogP contribution in [0.5, 0.6) is 11.5 Å². The molecule has 3 amide bonds. The molecule has 1 aromatic heterocycles. The number of hydrazone groups is 1. The van der Waals surface area contributed by atoms with Crippen LogP contribution in [-0.4, -0.2) is 37.7 Å². The van der Waals surface area contributed by atoms with E-state index >= 15 is 0 Å². The van der Waals surface area contributed by atoms with E-state index in [2.05, 4.69) is 21.2 Å². The molecule has 12 heteroatoms. The number of rotatable bonds is 9. The van der Waals surface area contributed by atoms with E-state index in [1.165, 1.54) is 19.6 Å². The van der Waals surface area contributed by atoms with Gasteiger partial charge in [0.05, 0.1) is 29.7 Å². The van der Waals surface area contributed by atoms with Crippen LogP contribution in [0.25, 0.3) is 0 Å². The van der Waals surface area contributed by atoms with Gasteiger partial charge in [0.15, 0.2) is 18.1 Å².